The Morgan fingerprint density at radius 3 is 2.59 bits per heavy atom. The van der Waals surface area contributed by atoms with Crippen LogP contribution in [0.4, 0.5) is 0 Å². The molecule has 1 atom stereocenters. The molecule has 1 aromatic rings. The maximum atomic E-state index is 9.68. The Bertz CT molecular complexity index is 382. The zero-order chi connectivity index (χ0) is 12.9. The Labute approximate surface area is 106 Å². The summed E-state index contributed by atoms with van der Waals surface area (Å²) in [5.74, 6) is -1.27. The average molecular weight is 257 g/mol. The zero-order valence-corrected chi connectivity index (χ0v) is 10.7. The van der Waals surface area contributed by atoms with Crippen LogP contribution in [0.3, 0.4) is 0 Å². The fourth-order valence-corrected chi connectivity index (χ4v) is 1.65. The summed E-state index contributed by atoms with van der Waals surface area (Å²) >= 11 is 6.07. The van der Waals surface area contributed by atoms with Crippen molar-refractivity contribution < 1.29 is 14.9 Å². The molecule has 0 spiro atoms. The minimum Gasteiger partial charge on any atom is -0.392 e. The van der Waals surface area contributed by atoms with Crippen molar-refractivity contribution in [1.29, 1.82) is 0 Å². The lowest BCUT2D eigenvalue weighted by molar-refractivity contribution is -0.196. The molecular weight excluding hydrogens is 240 g/mol. The van der Waals surface area contributed by atoms with Gasteiger partial charge >= 0.3 is 0 Å². The highest BCUT2D eigenvalue weighted by atomic mass is 35.5. The Balaban J connectivity index is 2.98. The molecule has 0 aliphatic heterocycles. The first kappa shape index (κ1) is 14.2. The molecular formula is C13H17ClO3. The first-order chi connectivity index (χ1) is 7.94. The van der Waals surface area contributed by atoms with Crippen molar-refractivity contribution in [3.63, 3.8) is 0 Å². The van der Waals surface area contributed by atoms with Gasteiger partial charge in [0.2, 0.25) is 0 Å². The second kappa shape index (κ2) is 6.17. The number of aliphatic hydroxyl groups excluding tert-OH is 1. The Morgan fingerprint density at radius 1 is 1.41 bits per heavy atom. The fourth-order valence-electron chi connectivity index (χ4n) is 1.41. The molecule has 0 fully saturated rings. The van der Waals surface area contributed by atoms with Crippen molar-refractivity contribution in [3.05, 3.63) is 47.0 Å². The van der Waals surface area contributed by atoms with Gasteiger partial charge in [-0.3, -0.25) is 0 Å². The van der Waals surface area contributed by atoms with E-state index in [1.165, 1.54) is 0 Å². The van der Waals surface area contributed by atoms with Crippen LogP contribution in [0.5, 0.6) is 0 Å². The topological polar surface area (TPSA) is 49.7 Å². The number of rotatable bonds is 5. The zero-order valence-electron chi connectivity index (χ0n) is 9.93. The van der Waals surface area contributed by atoms with Gasteiger partial charge in [-0.05, 0) is 19.9 Å². The van der Waals surface area contributed by atoms with Crippen LogP contribution in [-0.4, -0.2) is 22.6 Å². The Morgan fingerprint density at radius 2 is 2.06 bits per heavy atom. The van der Waals surface area contributed by atoms with Crippen molar-refractivity contribution in [2.45, 2.75) is 25.7 Å². The van der Waals surface area contributed by atoms with E-state index in [9.17, 15) is 5.11 Å². The van der Waals surface area contributed by atoms with E-state index in [2.05, 4.69) is 0 Å². The van der Waals surface area contributed by atoms with Gasteiger partial charge in [-0.2, -0.15) is 0 Å². The predicted molar refractivity (Wildman–Crippen MR) is 67.8 cm³/mol. The minimum absolute atomic E-state index is 0.0871. The van der Waals surface area contributed by atoms with Crippen molar-refractivity contribution in [3.8, 4) is 0 Å². The quantitative estimate of drug-likeness (QED) is 0.629. The SMILES string of the molecule is CC(C)(O)O[C@@H](/C=C/CO)c1ccccc1Cl. The van der Waals surface area contributed by atoms with Gasteiger partial charge in [0.15, 0.2) is 5.79 Å². The third kappa shape index (κ3) is 4.88. The van der Waals surface area contributed by atoms with Crippen LogP contribution in [0.2, 0.25) is 5.02 Å². The molecule has 0 saturated carbocycles. The summed E-state index contributed by atoms with van der Waals surface area (Å²) in [6.45, 7) is 3.00. The van der Waals surface area contributed by atoms with E-state index in [1.54, 1.807) is 32.1 Å². The van der Waals surface area contributed by atoms with Gasteiger partial charge in [0, 0.05) is 10.6 Å². The summed E-state index contributed by atoms with van der Waals surface area (Å²) in [6.07, 6.45) is 2.73. The molecule has 0 bridgehead atoms. The third-order valence-corrected chi connectivity index (χ3v) is 2.39. The second-order valence-corrected chi connectivity index (χ2v) is 4.52. The van der Waals surface area contributed by atoms with Crippen molar-refractivity contribution in [2.24, 2.45) is 0 Å². The first-order valence-corrected chi connectivity index (χ1v) is 5.74. The number of ether oxygens (including phenoxy) is 1. The molecule has 0 unspecified atom stereocenters. The fraction of sp³-hybridized carbons (Fsp3) is 0.385. The third-order valence-electron chi connectivity index (χ3n) is 2.04. The molecule has 94 valence electrons. The molecule has 0 saturated heterocycles. The van der Waals surface area contributed by atoms with E-state index in [0.29, 0.717) is 5.02 Å². The normalized spacial score (nSPS) is 14.2. The van der Waals surface area contributed by atoms with Crippen molar-refractivity contribution in [2.75, 3.05) is 6.61 Å². The lowest BCUT2D eigenvalue weighted by Gasteiger charge is -2.25. The number of benzene rings is 1. The molecule has 3 nitrogen and oxygen atoms in total. The van der Waals surface area contributed by atoms with E-state index in [0.717, 1.165) is 5.56 Å². The van der Waals surface area contributed by atoms with E-state index < -0.39 is 11.9 Å². The van der Waals surface area contributed by atoms with E-state index in [-0.39, 0.29) is 6.61 Å². The van der Waals surface area contributed by atoms with Gasteiger partial charge in [-0.15, -0.1) is 0 Å². The number of halogens is 1. The predicted octanol–water partition coefficient (Wildman–Crippen LogP) is 2.67. The Hall–Kier alpha value is -0.870. The second-order valence-electron chi connectivity index (χ2n) is 4.12. The summed E-state index contributed by atoms with van der Waals surface area (Å²) in [6, 6.07) is 7.24. The molecule has 0 aromatic heterocycles. The van der Waals surface area contributed by atoms with Crippen LogP contribution in [0.1, 0.15) is 25.5 Å². The van der Waals surface area contributed by atoms with Gasteiger partial charge in [0.05, 0.1) is 6.61 Å². The maximum Gasteiger partial charge on any atom is 0.161 e. The lowest BCUT2D eigenvalue weighted by Crippen LogP contribution is -2.25. The maximum absolute atomic E-state index is 9.68. The minimum atomic E-state index is -1.27. The summed E-state index contributed by atoms with van der Waals surface area (Å²) in [5.41, 5.74) is 0.751. The molecule has 0 radical (unpaired) electrons. The molecule has 4 heteroatoms. The molecule has 1 aromatic carbocycles. The Kier molecular flexibility index (Phi) is 5.15. The van der Waals surface area contributed by atoms with Crippen molar-refractivity contribution >= 4 is 11.6 Å². The average Bonchev–Trinajstić information content (AvgIpc) is 2.23. The monoisotopic (exact) mass is 256 g/mol. The number of hydrogen-bond donors (Lipinski definition) is 2. The summed E-state index contributed by atoms with van der Waals surface area (Å²) in [5, 5.41) is 19.0. The molecule has 0 amide bonds. The summed E-state index contributed by atoms with van der Waals surface area (Å²) < 4.78 is 5.48. The van der Waals surface area contributed by atoms with Crippen LogP contribution in [0, 0.1) is 0 Å². The van der Waals surface area contributed by atoms with Crippen LogP contribution in [0.25, 0.3) is 0 Å². The van der Waals surface area contributed by atoms with E-state index >= 15 is 0 Å². The van der Waals surface area contributed by atoms with Gasteiger partial charge < -0.3 is 14.9 Å². The number of hydrogen-bond acceptors (Lipinski definition) is 3. The molecule has 17 heavy (non-hydrogen) atoms. The highest BCUT2D eigenvalue weighted by Crippen LogP contribution is 2.29. The molecule has 1 rings (SSSR count). The van der Waals surface area contributed by atoms with Crippen LogP contribution in [-0.2, 0) is 4.74 Å². The van der Waals surface area contributed by atoms with Gasteiger partial charge in [-0.25, -0.2) is 0 Å². The molecule has 0 heterocycles. The summed E-state index contributed by atoms with van der Waals surface area (Å²) in [4.78, 5) is 0. The standard InChI is InChI=1S/C13H17ClO3/c1-13(2,16)17-12(8-5-9-15)10-6-3-4-7-11(10)14/h3-8,12,15-16H,9H2,1-2H3/b8-5+/t12-/m0/s1. The highest BCUT2D eigenvalue weighted by molar-refractivity contribution is 6.31. The van der Waals surface area contributed by atoms with E-state index in [4.69, 9.17) is 21.4 Å². The largest absolute Gasteiger partial charge is 0.392 e. The number of aliphatic hydroxyl groups is 2. The highest BCUT2D eigenvalue weighted by Gasteiger charge is 2.21. The molecule has 2 N–H and O–H groups in total. The van der Waals surface area contributed by atoms with Crippen LogP contribution >= 0.6 is 11.6 Å². The van der Waals surface area contributed by atoms with Gasteiger partial charge in [0.1, 0.15) is 6.10 Å². The van der Waals surface area contributed by atoms with E-state index in [1.807, 2.05) is 18.2 Å². The van der Waals surface area contributed by atoms with Gasteiger partial charge in [-0.1, -0.05) is 42.0 Å². The van der Waals surface area contributed by atoms with Gasteiger partial charge in [0.25, 0.3) is 0 Å². The van der Waals surface area contributed by atoms with Crippen LogP contribution < -0.4 is 0 Å². The first-order valence-electron chi connectivity index (χ1n) is 5.36. The molecule has 0 aliphatic rings. The van der Waals surface area contributed by atoms with Crippen LogP contribution in [0.15, 0.2) is 36.4 Å². The van der Waals surface area contributed by atoms with Crippen molar-refractivity contribution in [1.82, 2.24) is 0 Å². The summed E-state index contributed by atoms with van der Waals surface area (Å²) in [7, 11) is 0. The lowest BCUT2D eigenvalue weighted by atomic mass is 10.1. The smallest absolute Gasteiger partial charge is 0.161 e. The molecule has 0 aliphatic carbocycles.